The number of hydrogen-bond donors (Lipinski definition) is 1. The zero-order chi connectivity index (χ0) is 11.5. The van der Waals surface area contributed by atoms with Gasteiger partial charge >= 0.3 is 5.97 Å². The van der Waals surface area contributed by atoms with Crippen LogP contribution < -0.4 is 4.74 Å². The quantitative estimate of drug-likeness (QED) is 0.778. The third-order valence-corrected chi connectivity index (χ3v) is 2.11. The number of halogens is 1. The van der Waals surface area contributed by atoms with Crippen molar-refractivity contribution in [2.75, 3.05) is 6.79 Å². The lowest BCUT2D eigenvalue weighted by Gasteiger charge is -2.19. The highest BCUT2D eigenvalue weighted by Gasteiger charge is 2.15. The number of aliphatic carboxylic acids is 1. The molecule has 0 bridgehead atoms. The summed E-state index contributed by atoms with van der Waals surface area (Å²) in [6.45, 7) is 0.355. The van der Waals surface area contributed by atoms with Crippen LogP contribution in [-0.2, 0) is 16.1 Å². The molecule has 2 rings (SSSR count). The maximum absolute atomic E-state index is 13.2. The summed E-state index contributed by atoms with van der Waals surface area (Å²) in [7, 11) is 0. The molecule has 0 amide bonds. The van der Waals surface area contributed by atoms with Crippen molar-refractivity contribution < 1.29 is 23.8 Å². The second-order valence-corrected chi connectivity index (χ2v) is 3.27. The van der Waals surface area contributed by atoms with E-state index in [0.717, 1.165) is 6.08 Å². The van der Waals surface area contributed by atoms with Gasteiger partial charge in [0.25, 0.3) is 0 Å². The molecular weight excluding hydrogens is 215 g/mol. The predicted molar refractivity (Wildman–Crippen MR) is 53.4 cm³/mol. The Hall–Kier alpha value is -1.88. The molecule has 0 spiro atoms. The van der Waals surface area contributed by atoms with Crippen molar-refractivity contribution in [2.45, 2.75) is 6.61 Å². The van der Waals surface area contributed by atoms with Gasteiger partial charge in [-0.2, -0.15) is 0 Å². The molecule has 1 aliphatic rings. The molecule has 1 aromatic carbocycles. The third-order valence-electron chi connectivity index (χ3n) is 2.11. The normalized spacial score (nSPS) is 14.6. The molecule has 0 unspecified atom stereocenters. The highest BCUT2D eigenvalue weighted by molar-refractivity contribution is 5.86. The van der Waals surface area contributed by atoms with Crippen LogP contribution in [0, 0.1) is 5.82 Å². The second kappa shape index (κ2) is 4.32. The molecule has 1 heterocycles. The minimum Gasteiger partial charge on any atom is -0.478 e. The molecule has 1 aromatic rings. The van der Waals surface area contributed by atoms with Crippen LogP contribution in [0.3, 0.4) is 0 Å². The molecule has 0 saturated carbocycles. The summed E-state index contributed by atoms with van der Waals surface area (Å²) in [6, 6.07) is 2.54. The van der Waals surface area contributed by atoms with E-state index in [9.17, 15) is 9.18 Å². The van der Waals surface area contributed by atoms with E-state index in [1.165, 1.54) is 18.2 Å². The summed E-state index contributed by atoms with van der Waals surface area (Å²) in [5.41, 5.74) is 0.983. The first-order chi connectivity index (χ1) is 7.66. The van der Waals surface area contributed by atoms with Crippen LogP contribution in [0.2, 0.25) is 0 Å². The Morgan fingerprint density at radius 1 is 1.50 bits per heavy atom. The summed E-state index contributed by atoms with van der Waals surface area (Å²) in [5.74, 6) is -1.06. The van der Waals surface area contributed by atoms with Gasteiger partial charge in [0.15, 0.2) is 6.79 Å². The summed E-state index contributed by atoms with van der Waals surface area (Å²) in [5, 5.41) is 8.50. The van der Waals surface area contributed by atoms with E-state index in [0.29, 0.717) is 16.9 Å². The van der Waals surface area contributed by atoms with E-state index in [1.54, 1.807) is 0 Å². The van der Waals surface area contributed by atoms with Crippen LogP contribution >= 0.6 is 0 Å². The Bertz CT molecular complexity index is 454. The Morgan fingerprint density at radius 2 is 2.31 bits per heavy atom. The number of hydrogen-bond acceptors (Lipinski definition) is 3. The highest BCUT2D eigenvalue weighted by atomic mass is 19.1. The van der Waals surface area contributed by atoms with E-state index in [-0.39, 0.29) is 13.4 Å². The third kappa shape index (κ3) is 2.20. The van der Waals surface area contributed by atoms with Crippen LogP contribution in [0.4, 0.5) is 4.39 Å². The summed E-state index contributed by atoms with van der Waals surface area (Å²) >= 11 is 0. The lowest BCUT2D eigenvalue weighted by atomic mass is 10.1. The molecule has 0 atom stereocenters. The second-order valence-electron chi connectivity index (χ2n) is 3.27. The van der Waals surface area contributed by atoms with Gasteiger partial charge in [-0.15, -0.1) is 0 Å². The maximum Gasteiger partial charge on any atom is 0.328 e. The molecule has 1 aliphatic heterocycles. The van der Waals surface area contributed by atoms with E-state index < -0.39 is 11.8 Å². The van der Waals surface area contributed by atoms with Crippen LogP contribution in [0.5, 0.6) is 5.75 Å². The van der Waals surface area contributed by atoms with Gasteiger partial charge in [-0.3, -0.25) is 0 Å². The summed E-state index contributed by atoms with van der Waals surface area (Å²) in [4.78, 5) is 10.4. The van der Waals surface area contributed by atoms with E-state index in [2.05, 4.69) is 0 Å². The van der Waals surface area contributed by atoms with Crippen molar-refractivity contribution in [1.82, 2.24) is 0 Å². The van der Waals surface area contributed by atoms with Gasteiger partial charge in [-0.05, 0) is 18.2 Å². The smallest absolute Gasteiger partial charge is 0.328 e. The topological polar surface area (TPSA) is 55.8 Å². The zero-order valence-electron chi connectivity index (χ0n) is 8.27. The van der Waals surface area contributed by atoms with Crippen molar-refractivity contribution in [3.05, 3.63) is 35.2 Å². The number of carboxylic acid groups (broad SMARTS) is 1. The largest absolute Gasteiger partial charge is 0.478 e. The van der Waals surface area contributed by atoms with Crippen molar-refractivity contribution in [2.24, 2.45) is 0 Å². The number of carbonyl (C=O) groups is 1. The molecule has 0 radical (unpaired) electrons. The Kier molecular flexibility index (Phi) is 2.87. The molecule has 4 nitrogen and oxygen atoms in total. The van der Waals surface area contributed by atoms with Gasteiger partial charge in [0.05, 0.1) is 6.61 Å². The number of carboxylic acids is 1. The van der Waals surface area contributed by atoms with Crippen LogP contribution in [0.25, 0.3) is 6.08 Å². The molecule has 84 valence electrons. The van der Waals surface area contributed by atoms with Crippen molar-refractivity contribution in [1.29, 1.82) is 0 Å². The number of benzene rings is 1. The summed E-state index contributed by atoms with van der Waals surface area (Å²) < 4.78 is 23.4. The fourth-order valence-corrected chi connectivity index (χ4v) is 1.49. The molecule has 0 saturated heterocycles. The van der Waals surface area contributed by atoms with E-state index in [4.69, 9.17) is 14.6 Å². The average Bonchev–Trinajstić information content (AvgIpc) is 2.25. The molecule has 1 N–H and O–H groups in total. The van der Waals surface area contributed by atoms with Crippen LogP contribution in [-0.4, -0.2) is 17.9 Å². The summed E-state index contributed by atoms with van der Waals surface area (Å²) in [6.07, 6.45) is 2.24. The van der Waals surface area contributed by atoms with Crippen molar-refractivity contribution in [3.63, 3.8) is 0 Å². The van der Waals surface area contributed by atoms with Crippen LogP contribution in [0.15, 0.2) is 18.2 Å². The average molecular weight is 224 g/mol. The fraction of sp³-hybridized carbons (Fsp3) is 0.182. The van der Waals surface area contributed by atoms with Crippen LogP contribution in [0.1, 0.15) is 11.1 Å². The SMILES string of the molecule is O=C(O)C=Cc1cc(F)cc2c1OCOC2. The van der Waals surface area contributed by atoms with Crippen molar-refractivity contribution in [3.8, 4) is 5.75 Å². The standard InChI is InChI=1S/C11H9FO4/c12-9-3-7(1-2-10(13)14)11-8(4-9)5-15-6-16-11/h1-4H,5-6H2,(H,13,14). The predicted octanol–water partition coefficient (Wildman–Crippen LogP) is 1.79. The Labute approximate surface area is 90.9 Å². The Balaban J connectivity index is 2.43. The first kappa shape index (κ1) is 10.6. The molecule has 5 heteroatoms. The van der Waals surface area contributed by atoms with Gasteiger partial charge in [-0.25, -0.2) is 9.18 Å². The van der Waals surface area contributed by atoms with Gasteiger partial charge in [-0.1, -0.05) is 0 Å². The maximum atomic E-state index is 13.2. The minimum atomic E-state index is -1.09. The molecule has 0 fully saturated rings. The molecular formula is C11H9FO4. The van der Waals surface area contributed by atoms with Gasteiger partial charge in [0.1, 0.15) is 11.6 Å². The van der Waals surface area contributed by atoms with Gasteiger partial charge < -0.3 is 14.6 Å². The lowest BCUT2D eigenvalue weighted by Crippen LogP contribution is -2.12. The van der Waals surface area contributed by atoms with E-state index >= 15 is 0 Å². The highest BCUT2D eigenvalue weighted by Crippen LogP contribution is 2.30. The number of fused-ring (bicyclic) bond motifs is 1. The van der Waals surface area contributed by atoms with Gasteiger partial charge in [0, 0.05) is 17.2 Å². The monoisotopic (exact) mass is 224 g/mol. The molecule has 0 aliphatic carbocycles. The van der Waals surface area contributed by atoms with Gasteiger partial charge in [0.2, 0.25) is 0 Å². The lowest BCUT2D eigenvalue weighted by molar-refractivity contribution is -0.131. The first-order valence-electron chi connectivity index (χ1n) is 4.61. The minimum absolute atomic E-state index is 0.0898. The molecule has 16 heavy (non-hydrogen) atoms. The van der Waals surface area contributed by atoms with Crippen molar-refractivity contribution >= 4 is 12.0 Å². The Morgan fingerprint density at radius 3 is 3.06 bits per heavy atom. The fourth-order valence-electron chi connectivity index (χ4n) is 1.49. The molecule has 0 aromatic heterocycles. The van der Waals surface area contributed by atoms with E-state index in [1.807, 2.05) is 0 Å². The number of ether oxygens (including phenoxy) is 2. The first-order valence-corrected chi connectivity index (χ1v) is 4.61. The number of rotatable bonds is 2. The zero-order valence-corrected chi connectivity index (χ0v) is 8.27.